The fourth-order valence-corrected chi connectivity index (χ4v) is 3.66. The van der Waals surface area contributed by atoms with Crippen LogP contribution >= 0.6 is 0 Å². The Kier molecular flexibility index (Phi) is 4.77. The highest BCUT2D eigenvalue weighted by Crippen LogP contribution is 2.28. The molecule has 2 aromatic heterocycles. The number of hydrogen-bond acceptors (Lipinski definition) is 4. The van der Waals surface area contributed by atoms with E-state index in [4.69, 9.17) is 4.74 Å². The van der Waals surface area contributed by atoms with Gasteiger partial charge in [-0.3, -0.25) is 4.79 Å². The lowest BCUT2D eigenvalue weighted by Gasteiger charge is -2.17. The van der Waals surface area contributed by atoms with E-state index in [1.54, 1.807) is 24.4 Å². The summed E-state index contributed by atoms with van der Waals surface area (Å²) in [5, 5.41) is 1.71. The van der Waals surface area contributed by atoms with Crippen molar-refractivity contribution in [2.75, 3.05) is 0 Å². The number of fused-ring (bicyclic) bond motifs is 2. The molecule has 0 fully saturated rings. The van der Waals surface area contributed by atoms with E-state index in [-0.39, 0.29) is 11.5 Å². The molecule has 5 heteroatoms. The number of rotatable bonds is 5. The molecule has 1 atom stereocenters. The number of para-hydroxylation sites is 2. The number of benzene rings is 3. The fraction of sp³-hybridized carbons (Fsp3) is 0.0385. The first-order valence-corrected chi connectivity index (χ1v) is 9.93. The van der Waals surface area contributed by atoms with Gasteiger partial charge >= 0.3 is 5.97 Å². The third-order valence-corrected chi connectivity index (χ3v) is 5.23. The van der Waals surface area contributed by atoms with Crippen molar-refractivity contribution in [2.24, 2.45) is 0 Å². The monoisotopic (exact) mass is 406 g/mol. The summed E-state index contributed by atoms with van der Waals surface area (Å²) in [5.74, 6) is -0.939. The molecular formula is C26H18N2O3. The van der Waals surface area contributed by atoms with Gasteiger partial charge in [-0.05, 0) is 18.2 Å². The van der Waals surface area contributed by atoms with Crippen LogP contribution in [0.15, 0.2) is 97.2 Å². The summed E-state index contributed by atoms with van der Waals surface area (Å²) in [5.41, 5.74) is 2.78. The van der Waals surface area contributed by atoms with Crippen LogP contribution < -0.4 is 0 Å². The first-order chi connectivity index (χ1) is 15.2. The molecular weight excluding hydrogens is 388 g/mol. The van der Waals surface area contributed by atoms with Crippen LogP contribution in [0.25, 0.3) is 21.8 Å². The highest BCUT2D eigenvalue weighted by atomic mass is 16.5. The van der Waals surface area contributed by atoms with Gasteiger partial charge in [0, 0.05) is 33.6 Å². The molecule has 150 valence electrons. The largest absolute Gasteiger partial charge is 0.444 e. The molecule has 2 heterocycles. The van der Waals surface area contributed by atoms with Crippen LogP contribution in [0.5, 0.6) is 0 Å². The maximum Gasteiger partial charge on any atom is 0.358 e. The van der Waals surface area contributed by atoms with Crippen LogP contribution in [0.2, 0.25) is 0 Å². The summed E-state index contributed by atoms with van der Waals surface area (Å²) in [4.78, 5) is 34.0. The Balaban J connectivity index is 1.52. The Bertz CT molecular complexity index is 1410. The number of pyridine rings is 1. The van der Waals surface area contributed by atoms with Crippen molar-refractivity contribution in [3.63, 3.8) is 0 Å². The number of carbonyl (C=O) groups excluding carboxylic acids is 2. The van der Waals surface area contributed by atoms with Crippen molar-refractivity contribution in [3.05, 3.63) is 114 Å². The maximum atomic E-state index is 13.5. The van der Waals surface area contributed by atoms with Gasteiger partial charge in [0.15, 0.2) is 6.10 Å². The smallest absolute Gasteiger partial charge is 0.358 e. The number of H-pyrrole nitrogens is 1. The SMILES string of the molecule is O=C(OC(C(=O)c1c[nH]c2ccccc12)c1ccccc1)c1ccc2ccccc2n1. The maximum absolute atomic E-state index is 13.5. The molecule has 1 N–H and O–H groups in total. The van der Waals surface area contributed by atoms with Gasteiger partial charge in [-0.15, -0.1) is 0 Å². The van der Waals surface area contributed by atoms with E-state index in [0.29, 0.717) is 16.6 Å². The van der Waals surface area contributed by atoms with Gasteiger partial charge in [0.25, 0.3) is 0 Å². The quantitative estimate of drug-likeness (QED) is 0.309. The second-order valence-electron chi connectivity index (χ2n) is 7.20. The van der Waals surface area contributed by atoms with E-state index in [9.17, 15) is 9.59 Å². The second kappa shape index (κ2) is 7.88. The summed E-state index contributed by atoms with van der Waals surface area (Å²) in [6.45, 7) is 0. The summed E-state index contributed by atoms with van der Waals surface area (Å²) >= 11 is 0. The standard InChI is InChI=1S/C26H18N2O3/c29-24(20-16-27-22-13-7-5-11-19(20)22)25(18-9-2-1-3-10-18)31-26(30)23-15-14-17-8-4-6-12-21(17)28-23/h1-16,25,27H. The lowest BCUT2D eigenvalue weighted by Crippen LogP contribution is -2.20. The second-order valence-corrected chi connectivity index (χ2v) is 7.20. The number of carbonyl (C=O) groups is 2. The number of nitrogens with one attached hydrogen (secondary N) is 1. The molecule has 0 aliphatic carbocycles. The molecule has 0 amide bonds. The molecule has 0 aliphatic rings. The summed E-state index contributed by atoms with van der Waals surface area (Å²) < 4.78 is 5.74. The minimum Gasteiger partial charge on any atom is -0.444 e. The number of hydrogen-bond donors (Lipinski definition) is 1. The molecule has 0 saturated heterocycles. The van der Waals surface area contributed by atoms with E-state index in [1.165, 1.54) is 0 Å². The average Bonchev–Trinajstić information content (AvgIpc) is 3.26. The van der Waals surface area contributed by atoms with Crippen molar-refractivity contribution >= 4 is 33.6 Å². The number of Topliss-reactive ketones (excluding diaryl/α,β-unsaturated/α-hetero) is 1. The first kappa shape index (κ1) is 18.8. The van der Waals surface area contributed by atoms with Crippen molar-refractivity contribution in [2.45, 2.75) is 6.10 Å². The van der Waals surface area contributed by atoms with Crippen molar-refractivity contribution in [1.82, 2.24) is 9.97 Å². The third-order valence-electron chi connectivity index (χ3n) is 5.23. The molecule has 0 spiro atoms. The lowest BCUT2D eigenvalue weighted by molar-refractivity contribution is 0.0275. The van der Waals surface area contributed by atoms with Gasteiger partial charge in [-0.1, -0.05) is 72.8 Å². The summed E-state index contributed by atoms with van der Waals surface area (Å²) in [7, 11) is 0. The summed E-state index contributed by atoms with van der Waals surface area (Å²) in [6.07, 6.45) is 0.576. The van der Waals surface area contributed by atoms with Gasteiger partial charge in [0.05, 0.1) is 5.52 Å². The van der Waals surface area contributed by atoms with Crippen LogP contribution in [0.3, 0.4) is 0 Å². The molecule has 0 aliphatic heterocycles. The Morgan fingerprint density at radius 1 is 0.806 bits per heavy atom. The van der Waals surface area contributed by atoms with Crippen molar-refractivity contribution < 1.29 is 14.3 Å². The molecule has 5 nitrogen and oxygen atoms in total. The molecule has 1 unspecified atom stereocenters. The van der Waals surface area contributed by atoms with Crippen LogP contribution in [0.1, 0.15) is 32.5 Å². The molecule has 0 radical (unpaired) electrons. The Morgan fingerprint density at radius 3 is 2.42 bits per heavy atom. The number of esters is 1. The van der Waals surface area contributed by atoms with Crippen molar-refractivity contribution in [1.29, 1.82) is 0 Å². The molecule has 5 aromatic rings. The van der Waals surface area contributed by atoms with Gasteiger partial charge < -0.3 is 9.72 Å². The zero-order valence-electron chi connectivity index (χ0n) is 16.5. The first-order valence-electron chi connectivity index (χ1n) is 9.93. The van der Waals surface area contributed by atoms with E-state index >= 15 is 0 Å². The van der Waals surface area contributed by atoms with Gasteiger partial charge in [0.2, 0.25) is 5.78 Å². The molecule has 0 saturated carbocycles. The summed E-state index contributed by atoms with van der Waals surface area (Å²) in [6, 6.07) is 27.5. The Morgan fingerprint density at radius 2 is 1.55 bits per heavy atom. The zero-order valence-corrected chi connectivity index (χ0v) is 16.5. The van der Waals surface area contributed by atoms with Crippen LogP contribution in [0.4, 0.5) is 0 Å². The topological polar surface area (TPSA) is 72.1 Å². The van der Waals surface area contributed by atoms with Crippen LogP contribution in [-0.4, -0.2) is 21.7 Å². The highest BCUT2D eigenvalue weighted by Gasteiger charge is 2.29. The third kappa shape index (κ3) is 3.57. The molecule has 3 aromatic carbocycles. The number of ketones is 1. The van der Waals surface area contributed by atoms with E-state index < -0.39 is 12.1 Å². The average molecular weight is 406 g/mol. The normalized spacial score (nSPS) is 12.0. The van der Waals surface area contributed by atoms with Crippen molar-refractivity contribution in [3.8, 4) is 0 Å². The Hall–Kier alpha value is -4.25. The predicted octanol–water partition coefficient (Wildman–Crippen LogP) is 5.50. The molecule has 0 bridgehead atoms. The molecule has 31 heavy (non-hydrogen) atoms. The minimum atomic E-state index is -1.08. The van der Waals surface area contributed by atoms with E-state index in [0.717, 1.165) is 16.3 Å². The van der Waals surface area contributed by atoms with Crippen LogP contribution in [0, 0.1) is 0 Å². The van der Waals surface area contributed by atoms with Gasteiger partial charge in [0.1, 0.15) is 5.69 Å². The fourth-order valence-electron chi connectivity index (χ4n) is 3.66. The number of aromatic nitrogens is 2. The number of aromatic amines is 1. The minimum absolute atomic E-state index is 0.159. The lowest BCUT2D eigenvalue weighted by atomic mass is 9.99. The van der Waals surface area contributed by atoms with Gasteiger partial charge in [-0.2, -0.15) is 0 Å². The molecule has 5 rings (SSSR count). The number of nitrogens with zero attached hydrogens (tertiary/aromatic N) is 1. The van der Waals surface area contributed by atoms with E-state index in [2.05, 4.69) is 9.97 Å². The van der Waals surface area contributed by atoms with E-state index in [1.807, 2.05) is 72.8 Å². The Labute approximate surface area is 178 Å². The zero-order chi connectivity index (χ0) is 21.2. The predicted molar refractivity (Wildman–Crippen MR) is 119 cm³/mol. The van der Waals surface area contributed by atoms with Crippen LogP contribution in [-0.2, 0) is 4.74 Å². The highest BCUT2D eigenvalue weighted by molar-refractivity contribution is 6.11. The number of ether oxygens (including phenoxy) is 1. The van der Waals surface area contributed by atoms with Gasteiger partial charge in [-0.25, -0.2) is 9.78 Å².